The maximum atomic E-state index is 12.2. The van der Waals surface area contributed by atoms with Crippen molar-refractivity contribution in [1.82, 2.24) is 19.9 Å². The molecule has 3 aromatic rings. The van der Waals surface area contributed by atoms with Crippen molar-refractivity contribution in [3.05, 3.63) is 36.2 Å². The molecule has 0 aliphatic carbocycles. The lowest BCUT2D eigenvalue weighted by atomic mass is 10.3. The third-order valence-corrected chi connectivity index (χ3v) is 3.87. The second-order valence-corrected chi connectivity index (χ2v) is 5.42. The summed E-state index contributed by atoms with van der Waals surface area (Å²) in [5.41, 5.74) is 2.52. The molecule has 1 saturated heterocycles. The second kappa shape index (κ2) is 5.38. The number of nitrogens with zero attached hydrogens (tertiary/aromatic N) is 5. The summed E-state index contributed by atoms with van der Waals surface area (Å²) >= 11 is 0. The molecule has 4 heterocycles. The van der Waals surface area contributed by atoms with Crippen molar-refractivity contribution in [2.24, 2.45) is 0 Å². The molecule has 1 aliphatic heterocycles. The fourth-order valence-corrected chi connectivity index (χ4v) is 2.62. The van der Waals surface area contributed by atoms with Gasteiger partial charge in [-0.2, -0.15) is 4.98 Å². The number of oxazole rings is 2. The highest BCUT2D eigenvalue weighted by Crippen LogP contribution is 2.22. The van der Waals surface area contributed by atoms with Crippen LogP contribution in [0.15, 0.2) is 33.6 Å². The number of aromatic nitrogens is 3. The van der Waals surface area contributed by atoms with Crippen LogP contribution in [0.4, 0.5) is 6.01 Å². The van der Waals surface area contributed by atoms with Gasteiger partial charge < -0.3 is 18.6 Å². The molecule has 1 aliphatic rings. The van der Waals surface area contributed by atoms with E-state index in [1.165, 1.54) is 12.7 Å². The van der Waals surface area contributed by atoms with E-state index in [0.29, 0.717) is 49.1 Å². The predicted molar refractivity (Wildman–Crippen MR) is 81.2 cm³/mol. The van der Waals surface area contributed by atoms with Crippen LogP contribution >= 0.6 is 0 Å². The molecule has 0 radical (unpaired) electrons. The Morgan fingerprint density at radius 3 is 2.74 bits per heavy atom. The zero-order valence-corrected chi connectivity index (χ0v) is 12.6. The van der Waals surface area contributed by atoms with Gasteiger partial charge in [-0.05, 0) is 19.1 Å². The number of carbonyl (C=O) groups is 1. The molecule has 1 fully saturated rings. The summed E-state index contributed by atoms with van der Waals surface area (Å²) in [6, 6.07) is 4.32. The summed E-state index contributed by atoms with van der Waals surface area (Å²) in [5, 5.41) is 0. The number of piperazine rings is 1. The molecule has 8 heteroatoms. The first kappa shape index (κ1) is 13.7. The number of fused-ring (bicyclic) bond motifs is 1. The number of hydrogen-bond acceptors (Lipinski definition) is 7. The highest BCUT2D eigenvalue weighted by atomic mass is 16.4. The molecule has 1 amide bonds. The number of anilines is 1. The molecule has 3 aromatic heterocycles. The standard InChI is InChI=1S/C15H15N5O3/c1-10-2-3-12-13(17-10)18-15(23-12)20-6-4-19(5-7-20)14(21)11-8-22-9-16-11/h2-3,8-9H,4-7H2,1H3. The topological polar surface area (TPSA) is 88.5 Å². The quantitative estimate of drug-likeness (QED) is 0.708. The van der Waals surface area contributed by atoms with Gasteiger partial charge in [-0.3, -0.25) is 4.79 Å². The molecule has 0 N–H and O–H groups in total. The Bertz CT molecular complexity index is 834. The Hall–Kier alpha value is -2.90. The minimum Gasteiger partial charge on any atom is -0.451 e. The Morgan fingerprint density at radius 2 is 2.00 bits per heavy atom. The van der Waals surface area contributed by atoms with Crippen molar-refractivity contribution in [1.29, 1.82) is 0 Å². The average molecular weight is 313 g/mol. The molecule has 118 valence electrons. The van der Waals surface area contributed by atoms with Gasteiger partial charge in [0.05, 0.1) is 0 Å². The van der Waals surface area contributed by atoms with Crippen LogP contribution in [0.2, 0.25) is 0 Å². The summed E-state index contributed by atoms with van der Waals surface area (Å²) in [6.07, 6.45) is 2.63. The third kappa shape index (κ3) is 2.52. The van der Waals surface area contributed by atoms with E-state index in [-0.39, 0.29) is 5.91 Å². The summed E-state index contributed by atoms with van der Waals surface area (Å²) in [4.78, 5) is 28.7. The monoisotopic (exact) mass is 313 g/mol. The summed E-state index contributed by atoms with van der Waals surface area (Å²) in [5.74, 6) is -0.117. The van der Waals surface area contributed by atoms with Crippen LogP contribution in [0.25, 0.3) is 11.2 Å². The van der Waals surface area contributed by atoms with E-state index in [1.807, 2.05) is 24.0 Å². The zero-order chi connectivity index (χ0) is 15.8. The van der Waals surface area contributed by atoms with Gasteiger partial charge in [-0.15, -0.1) is 0 Å². The summed E-state index contributed by atoms with van der Waals surface area (Å²) in [7, 11) is 0. The van der Waals surface area contributed by atoms with Crippen LogP contribution in [0.3, 0.4) is 0 Å². The van der Waals surface area contributed by atoms with Crippen molar-refractivity contribution in [2.75, 3.05) is 31.1 Å². The second-order valence-electron chi connectivity index (χ2n) is 5.42. The number of aryl methyl sites for hydroxylation is 1. The molecule has 0 aromatic carbocycles. The largest absolute Gasteiger partial charge is 0.451 e. The number of hydrogen-bond donors (Lipinski definition) is 0. The van der Waals surface area contributed by atoms with Gasteiger partial charge in [0.25, 0.3) is 11.9 Å². The maximum absolute atomic E-state index is 12.2. The first-order valence-corrected chi connectivity index (χ1v) is 7.37. The highest BCUT2D eigenvalue weighted by molar-refractivity contribution is 5.92. The third-order valence-electron chi connectivity index (χ3n) is 3.87. The van der Waals surface area contributed by atoms with Crippen LogP contribution in [-0.2, 0) is 0 Å². The molecular weight excluding hydrogens is 298 g/mol. The van der Waals surface area contributed by atoms with Gasteiger partial charge >= 0.3 is 0 Å². The van der Waals surface area contributed by atoms with Crippen molar-refractivity contribution in [2.45, 2.75) is 6.92 Å². The van der Waals surface area contributed by atoms with Gasteiger partial charge in [0.2, 0.25) is 5.65 Å². The predicted octanol–water partition coefficient (Wildman–Crippen LogP) is 1.48. The number of pyridine rings is 1. The van der Waals surface area contributed by atoms with Crippen molar-refractivity contribution >= 4 is 23.2 Å². The molecule has 23 heavy (non-hydrogen) atoms. The van der Waals surface area contributed by atoms with Gasteiger partial charge in [-0.1, -0.05) is 0 Å². The van der Waals surface area contributed by atoms with Crippen molar-refractivity contribution in [3.63, 3.8) is 0 Å². The smallest absolute Gasteiger partial charge is 0.300 e. The number of amides is 1. The number of carbonyl (C=O) groups excluding carboxylic acids is 1. The van der Waals surface area contributed by atoms with Crippen LogP contribution < -0.4 is 4.90 Å². The Morgan fingerprint density at radius 1 is 1.17 bits per heavy atom. The van der Waals surface area contributed by atoms with E-state index >= 15 is 0 Å². The lowest BCUT2D eigenvalue weighted by Gasteiger charge is -2.33. The van der Waals surface area contributed by atoms with Gasteiger partial charge in [0.1, 0.15) is 6.26 Å². The van der Waals surface area contributed by atoms with E-state index in [1.54, 1.807) is 4.90 Å². The van der Waals surface area contributed by atoms with E-state index < -0.39 is 0 Å². The highest BCUT2D eigenvalue weighted by Gasteiger charge is 2.26. The summed E-state index contributed by atoms with van der Waals surface area (Å²) < 4.78 is 10.6. The maximum Gasteiger partial charge on any atom is 0.300 e. The minimum atomic E-state index is -0.117. The molecule has 0 unspecified atom stereocenters. The van der Waals surface area contributed by atoms with Crippen LogP contribution in [0.5, 0.6) is 0 Å². The number of rotatable bonds is 2. The molecule has 8 nitrogen and oxygen atoms in total. The van der Waals surface area contributed by atoms with Crippen LogP contribution in [0, 0.1) is 6.92 Å². The Kier molecular flexibility index (Phi) is 3.22. The molecule has 0 spiro atoms. The average Bonchev–Trinajstić information content (AvgIpc) is 3.23. The van der Waals surface area contributed by atoms with E-state index in [9.17, 15) is 4.79 Å². The normalized spacial score (nSPS) is 15.3. The minimum absolute atomic E-state index is 0.117. The molecule has 0 atom stereocenters. The fourth-order valence-electron chi connectivity index (χ4n) is 2.62. The summed E-state index contributed by atoms with van der Waals surface area (Å²) in [6.45, 7) is 4.38. The van der Waals surface area contributed by atoms with Gasteiger partial charge in [0, 0.05) is 31.9 Å². The molecule has 0 saturated carbocycles. The molecule has 4 rings (SSSR count). The van der Waals surface area contributed by atoms with Crippen molar-refractivity contribution < 1.29 is 13.6 Å². The van der Waals surface area contributed by atoms with E-state index in [0.717, 1.165) is 5.69 Å². The Balaban J connectivity index is 1.47. The lowest BCUT2D eigenvalue weighted by Crippen LogP contribution is -2.49. The zero-order valence-electron chi connectivity index (χ0n) is 12.6. The van der Waals surface area contributed by atoms with Crippen LogP contribution in [0.1, 0.15) is 16.2 Å². The van der Waals surface area contributed by atoms with E-state index in [4.69, 9.17) is 8.83 Å². The fraction of sp³-hybridized carbons (Fsp3) is 0.333. The molecular formula is C15H15N5O3. The SMILES string of the molecule is Cc1ccc2oc(N3CCN(C(=O)c4cocn4)CC3)nc2n1. The van der Waals surface area contributed by atoms with E-state index in [2.05, 4.69) is 15.0 Å². The van der Waals surface area contributed by atoms with Crippen LogP contribution in [-0.4, -0.2) is 51.9 Å². The first-order valence-electron chi connectivity index (χ1n) is 7.37. The van der Waals surface area contributed by atoms with Gasteiger partial charge in [0.15, 0.2) is 17.7 Å². The van der Waals surface area contributed by atoms with Crippen molar-refractivity contribution in [3.8, 4) is 0 Å². The molecule has 0 bridgehead atoms. The van der Waals surface area contributed by atoms with Gasteiger partial charge in [-0.25, -0.2) is 9.97 Å². The first-order chi connectivity index (χ1) is 11.2. The Labute approximate surface area is 131 Å². The lowest BCUT2D eigenvalue weighted by molar-refractivity contribution is 0.0739.